The highest BCUT2D eigenvalue weighted by atomic mass is 32.2. The van der Waals surface area contributed by atoms with E-state index in [1.165, 1.54) is 12.8 Å². The Kier molecular flexibility index (Phi) is 4.37. The molecule has 0 fully saturated rings. The van der Waals surface area contributed by atoms with Crippen molar-refractivity contribution < 1.29 is 5.11 Å². The standard InChI is InChI=1S/C8H18OS/c1-5-6-8(3,4)10-7(2)9/h7,9H,5-6H2,1-4H3. The van der Waals surface area contributed by atoms with Gasteiger partial charge in [-0.25, -0.2) is 0 Å². The first kappa shape index (κ1) is 10.3. The monoisotopic (exact) mass is 162 g/mol. The highest BCUT2D eigenvalue weighted by molar-refractivity contribution is 8.01. The lowest BCUT2D eigenvalue weighted by Crippen LogP contribution is -2.17. The maximum Gasteiger partial charge on any atom is 0.0969 e. The van der Waals surface area contributed by atoms with E-state index < -0.39 is 0 Å². The van der Waals surface area contributed by atoms with Crippen molar-refractivity contribution in [3.63, 3.8) is 0 Å². The molecular weight excluding hydrogens is 144 g/mol. The van der Waals surface area contributed by atoms with Gasteiger partial charge >= 0.3 is 0 Å². The third-order valence-corrected chi connectivity index (χ3v) is 2.52. The van der Waals surface area contributed by atoms with Crippen molar-refractivity contribution in [2.75, 3.05) is 0 Å². The molecule has 0 spiro atoms. The summed E-state index contributed by atoms with van der Waals surface area (Å²) < 4.78 is 0.239. The van der Waals surface area contributed by atoms with Crippen LogP contribution in [0.3, 0.4) is 0 Å². The van der Waals surface area contributed by atoms with Crippen LogP contribution in [0.25, 0.3) is 0 Å². The second kappa shape index (κ2) is 4.24. The molecule has 0 rings (SSSR count). The predicted molar refractivity (Wildman–Crippen MR) is 48.3 cm³/mol. The van der Waals surface area contributed by atoms with Crippen LogP contribution in [0.15, 0.2) is 0 Å². The quantitative estimate of drug-likeness (QED) is 0.641. The summed E-state index contributed by atoms with van der Waals surface area (Å²) in [5, 5.41) is 9.08. The van der Waals surface area contributed by atoms with Crippen molar-refractivity contribution in [1.82, 2.24) is 0 Å². The van der Waals surface area contributed by atoms with Gasteiger partial charge in [0.05, 0.1) is 5.44 Å². The largest absolute Gasteiger partial charge is 0.383 e. The van der Waals surface area contributed by atoms with E-state index in [0.717, 1.165) is 0 Å². The molecule has 0 amide bonds. The van der Waals surface area contributed by atoms with Gasteiger partial charge in [-0.1, -0.05) is 27.2 Å². The Morgan fingerprint density at radius 2 is 2.00 bits per heavy atom. The zero-order valence-electron chi connectivity index (χ0n) is 7.35. The van der Waals surface area contributed by atoms with Gasteiger partial charge in [0.2, 0.25) is 0 Å². The van der Waals surface area contributed by atoms with Gasteiger partial charge in [-0.2, -0.15) is 0 Å². The lowest BCUT2D eigenvalue weighted by molar-refractivity contribution is 0.281. The van der Waals surface area contributed by atoms with Crippen molar-refractivity contribution in [3.05, 3.63) is 0 Å². The molecule has 0 aromatic rings. The summed E-state index contributed by atoms with van der Waals surface area (Å²) in [6.45, 7) is 8.34. The Labute approximate surface area is 68.2 Å². The van der Waals surface area contributed by atoms with Gasteiger partial charge < -0.3 is 5.11 Å². The number of thioether (sulfide) groups is 1. The Bertz CT molecular complexity index is 89.3. The first-order valence-corrected chi connectivity index (χ1v) is 4.72. The van der Waals surface area contributed by atoms with Crippen molar-refractivity contribution >= 4 is 11.8 Å². The molecule has 1 unspecified atom stereocenters. The summed E-state index contributed by atoms with van der Waals surface area (Å²) >= 11 is 1.64. The van der Waals surface area contributed by atoms with Crippen molar-refractivity contribution in [2.24, 2.45) is 0 Å². The molecule has 0 aliphatic rings. The summed E-state index contributed by atoms with van der Waals surface area (Å²) in [6, 6.07) is 0. The molecule has 0 heterocycles. The van der Waals surface area contributed by atoms with Crippen LogP contribution in [-0.4, -0.2) is 15.3 Å². The molecule has 0 aliphatic carbocycles. The molecule has 62 valence electrons. The van der Waals surface area contributed by atoms with E-state index in [1.807, 2.05) is 6.92 Å². The zero-order valence-corrected chi connectivity index (χ0v) is 8.16. The second-order valence-electron chi connectivity index (χ2n) is 3.23. The lowest BCUT2D eigenvalue weighted by Gasteiger charge is -2.24. The van der Waals surface area contributed by atoms with Crippen LogP contribution in [0.4, 0.5) is 0 Å². The average Bonchev–Trinajstić information content (AvgIpc) is 1.59. The summed E-state index contributed by atoms with van der Waals surface area (Å²) in [4.78, 5) is 0. The van der Waals surface area contributed by atoms with Crippen LogP contribution < -0.4 is 0 Å². The maximum atomic E-state index is 9.08. The van der Waals surface area contributed by atoms with Gasteiger partial charge in [0.1, 0.15) is 0 Å². The van der Waals surface area contributed by atoms with E-state index in [-0.39, 0.29) is 10.2 Å². The number of rotatable bonds is 4. The average molecular weight is 162 g/mol. The molecule has 0 bridgehead atoms. The summed E-state index contributed by atoms with van der Waals surface area (Å²) in [6.07, 6.45) is 2.36. The molecule has 0 aromatic heterocycles. The third kappa shape index (κ3) is 5.12. The van der Waals surface area contributed by atoms with Crippen LogP contribution >= 0.6 is 11.8 Å². The zero-order chi connectivity index (χ0) is 8.20. The van der Waals surface area contributed by atoms with Gasteiger partial charge in [-0.15, -0.1) is 11.8 Å². The van der Waals surface area contributed by atoms with E-state index in [1.54, 1.807) is 11.8 Å². The normalized spacial score (nSPS) is 15.3. The first-order chi connectivity index (χ1) is 4.48. The van der Waals surface area contributed by atoms with Crippen LogP contribution in [-0.2, 0) is 0 Å². The fourth-order valence-electron chi connectivity index (χ4n) is 1.12. The van der Waals surface area contributed by atoms with Gasteiger partial charge in [0, 0.05) is 4.75 Å². The Morgan fingerprint density at radius 1 is 1.50 bits per heavy atom. The molecule has 1 nitrogen and oxygen atoms in total. The molecule has 2 heteroatoms. The molecule has 1 N–H and O–H groups in total. The predicted octanol–water partition coefficient (Wildman–Crippen LogP) is 2.64. The SMILES string of the molecule is CCCC(C)(C)SC(C)O. The molecule has 10 heavy (non-hydrogen) atoms. The van der Waals surface area contributed by atoms with Gasteiger partial charge in [-0.3, -0.25) is 0 Å². The Hall–Kier alpha value is 0.310. The smallest absolute Gasteiger partial charge is 0.0969 e. The highest BCUT2D eigenvalue weighted by Gasteiger charge is 2.18. The van der Waals surface area contributed by atoms with Gasteiger partial charge in [-0.05, 0) is 13.3 Å². The number of hydrogen-bond acceptors (Lipinski definition) is 2. The number of hydrogen-bond donors (Lipinski definition) is 1. The van der Waals surface area contributed by atoms with E-state index in [2.05, 4.69) is 20.8 Å². The summed E-state index contributed by atoms with van der Waals surface area (Å²) in [7, 11) is 0. The second-order valence-corrected chi connectivity index (χ2v) is 5.25. The van der Waals surface area contributed by atoms with E-state index in [9.17, 15) is 0 Å². The highest BCUT2D eigenvalue weighted by Crippen LogP contribution is 2.31. The minimum Gasteiger partial charge on any atom is -0.383 e. The minimum absolute atomic E-state index is 0.235. The number of aliphatic hydroxyl groups excluding tert-OH is 1. The van der Waals surface area contributed by atoms with Crippen molar-refractivity contribution in [2.45, 2.75) is 50.7 Å². The topological polar surface area (TPSA) is 20.2 Å². The van der Waals surface area contributed by atoms with Crippen molar-refractivity contribution in [3.8, 4) is 0 Å². The van der Waals surface area contributed by atoms with E-state index >= 15 is 0 Å². The molecule has 0 saturated heterocycles. The molecule has 1 atom stereocenters. The summed E-state index contributed by atoms with van der Waals surface area (Å²) in [5.41, 5.74) is -0.235. The van der Waals surface area contributed by atoms with Gasteiger partial charge in [0.25, 0.3) is 0 Å². The lowest BCUT2D eigenvalue weighted by atomic mass is 10.1. The fourth-order valence-corrected chi connectivity index (χ4v) is 2.37. The van der Waals surface area contributed by atoms with Crippen LogP contribution in [0.2, 0.25) is 0 Å². The molecule has 0 aliphatic heterocycles. The maximum absolute atomic E-state index is 9.08. The summed E-state index contributed by atoms with van der Waals surface area (Å²) in [5.74, 6) is 0. The fraction of sp³-hybridized carbons (Fsp3) is 1.00. The van der Waals surface area contributed by atoms with Crippen LogP contribution in [0.1, 0.15) is 40.5 Å². The van der Waals surface area contributed by atoms with Crippen LogP contribution in [0, 0.1) is 0 Å². The molecular formula is C8H18OS. The Balaban J connectivity index is 3.63. The third-order valence-electron chi connectivity index (χ3n) is 1.34. The van der Waals surface area contributed by atoms with Gasteiger partial charge in [0.15, 0.2) is 0 Å². The van der Waals surface area contributed by atoms with Crippen LogP contribution in [0.5, 0.6) is 0 Å². The molecule has 0 saturated carbocycles. The Morgan fingerprint density at radius 3 is 2.30 bits per heavy atom. The molecule has 0 aromatic carbocycles. The number of aliphatic hydroxyl groups is 1. The van der Waals surface area contributed by atoms with E-state index in [4.69, 9.17) is 5.11 Å². The minimum atomic E-state index is -0.235. The van der Waals surface area contributed by atoms with Crippen molar-refractivity contribution in [1.29, 1.82) is 0 Å². The van der Waals surface area contributed by atoms with E-state index in [0.29, 0.717) is 0 Å². The molecule has 0 radical (unpaired) electrons. The first-order valence-electron chi connectivity index (χ1n) is 3.84.